The van der Waals surface area contributed by atoms with E-state index in [1.807, 2.05) is 4.90 Å². The van der Waals surface area contributed by atoms with Crippen LogP contribution in [-0.4, -0.2) is 29.8 Å². The first kappa shape index (κ1) is 24.4. The lowest BCUT2D eigenvalue weighted by Gasteiger charge is -2.35. The van der Waals surface area contributed by atoms with E-state index in [2.05, 4.69) is 5.32 Å². The molecule has 1 aliphatic heterocycles. The minimum Gasteiger partial charge on any atom is -0.342 e. The normalized spacial score (nSPS) is 19.1. The Morgan fingerprint density at radius 2 is 1.38 bits per heavy atom. The Hall–Kier alpha value is -2.26. The molecule has 2 fully saturated rings. The highest BCUT2D eigenvalue weighted by Gasteiger charge is 2.37. The summed E-state index contributed by atoms with van der Waals surface area (Å²) < 4.78 is 77.8. The first-order valence-electron chi connectivity index (χ1n) is 10.8. The van der Waals surface area contributed by atoms with Gasteiger partial charge in [-0.25, -0.2) is 0 Å². The van der Waals surface area contributed by atoms with Gasteiger partial charge in [0.05, 0.1) is 11.1 Å². The molecule has 0 spiro atoms. The van der Waals surface area contributed by atoms with Crippen molar-refractivity contribution in [3.05, 3.63) is 29.3 Å². The van der Waals surface area contributed by atoms with Gasteiger partial charge in [0.1, 0.15) is 0 Å². The summed E-state index contributed by atoms with van der Waals surface area (Å²) in [5.74, 6) is -0.517. The molecule has 4 nitrogen and oxygen atoms in total. The summed E-state index contributed by atoms with van der Waals surface area (Å²) in [6.45, 7) is 1.02. The summed E-state index contributed by atoms with van der Waals surface area (Å²) in [5, 5.41) is 2.18. The van der Waals surface area contributed by atoms with Crippen molar-refractivity contribution in [3.8, 4) is 0 Å². The van der Waals surface area contributed by atoms with Crippen molar-refractivity contribution in [2.75, 3.05) is 18.4 Å². The summed E-state index contributed by atoms with van der Waals surface area (Å²) in [5.41, 5.74) is -3.49. The Bertz CT molecular complexity index is 790. The molecule has 0 atom stereocenters. The van der Waals surface area contributed by atoms with E-state index in [1.54, 1.807) is 0 Å². The quantitative estimate of drug-likeness (QED) is 0.567. The number of piperidine rings is 1. The number of alkyl halides is 6. The fraction of sp³-hybridized carbons (Fsp3) is 0.636. The van der Waals surface area contributed by atoms with Crippen molar-refractivity contribution < 1.29 is 35.9 Å². The maximum Gasteiger partial charge on any atom is 0.416 e. The van der Waals surface area contributed by atoms with Gasteiger partial charge in [-0.05, 0) is 49.8 Å². The topological polar surface area (TPSA) is 49.4 Å². The zero-order valence-corrected chi connectivity index (χ0v) is 17.5. The van der Waals surface area contributed by atoms with Crippen molar-refractivity contribution in [3.63, 3.8) is 0 Å². The molecular weight excluding hydrogens is 438 g/mol. The molecule has 0 aromatic heterocycles. The molecule has 1 saturated heterocycles. The average molecular weight is 464 g/mol. The fourth-order valence-electron chi connectivity index (χ4n) is 4.47. The van der Waals surface area contributed by atoms with Gasteiger partial charge in [-0.1, -0.05) is 19.3 Å². The second kappa shape index (κ2) is 9.70. The number of carbonyl (C=O) groups excluding carboxylic acids is 2. The first-order valence-corrected chi connectivity index (χ1v) is 10.8. The molecule has 1 saturated carbocycles. The number of carbonyl (C=O) groups is 2. The number of benzene rings is 1. The highest BCUT2D eigenvalue weighted by molar-refractivity contribution is 5.91. The number of hydrogen-bond donors (Lipinski definition) is 1. The molecule has 0 unspecified atom stereocenters. The van der Waals surface area contributed by atoms with Crippen LogP contribution in [0.1, 0.15) is 62.5 Å². The Labute approximate surface area is 182 Å². The molecule has 1 aromatic carbocycles. The van der Waals surface area contributed by atoms with Crippen LogP contribution in [0, 0.1) is 11.8 Å². The van der Waals surface area contributed by atoms with Crippen LogP contribution < -0.4 is 5.32 Å². The molecule has 1 heterocycles. The molecule has 1 aromatic rings. The van der Waals surface area contributed by atoms with Gasteiger partial charge >= 0.3 is 12.4 Å². The van der Waals surface area contributed by atoms with Gasteiger partial charge < -0.3 is 10.2 Å². The molecule has 178 valence electrons. The van der Waals surface area contributed by atoms with Crippen LogP contribution in [0.15, 0.2) is 18.2 Å². The number of anilines is 1. The highest BCUT2D eigenvalue weighted by Crippen LogP contribution is 2.37. The smallest absolute Gasteiger partial charge is 0.342 e. The third-order valence-electron chi connectivity index (χ3n) is 6.23. The van der Waals surface area contributed by atoms with Crippen LogP contribution in [0.25, 0.3) is 0 Å². The zero-order chi connectivity index (χ0) is 23.5. The van der Waals surface area contributed by atoms with E-state index in [4.69, 9.17) is 0 Å². The number of nitrogens with one attached hydrogen (secondary N) is 1. The SMILES string of the molecule is O=C(CC1CCN(C(=O)C2CCCCC2)CC1)Nc1cc(C(F)(F)F)cc(C(F)(F)F)c1. The van der Waals surface area contributed by atoms with Crippen LogP contribution in [0.4, 0.5) is 32.0 Å². The lowest BCUT2D eigenvalue weighted by atomic mass is 9.86. The van der Waals surface area contributed by atoms with E-state index < -0.39 is 35.1 Å². The van der Waals surface area contributed by atoms with E-state index in [0.29, 0.717) is 38.1 Å². The molecular formula is C22H26F6N2O2. The molecule has 0 bridgehead atoms. The van der Waals surface area contributed by atoms with Crippen LogP contribution in [0.2, 0.25) is 0 Å². The lowest BCUT2D eigenvalue weighted by Crippen LogP contribution is -2.42. The summed E-state index contributed by atoms with van der Waals surface area (Å²) in [4.78, 5) is 26.7. The highest BCUT2D eigenvalue weighted by atomic mass is 19.4. The summed E-state index contributed by atoms with van der Waals surface area (Å²) in [7, 11) is 0. The third-order valence-corrected chi connectivity index (χ3v) is 6.23. The van der Waals surface area contributed by atoms with Crippen LogP contribution >= 0.6 is 0 Å². The van der Waals surface area contributed by atoms with Crippen molar-refractivity contribution in [1.82, 2.24) is 4.90 Å². The largest absolute Gasteiger partial charge is 0.416 e. The second-order valence-electron chi connectivity index (χ2n) is 8.65. The molecule has 2 aliphatic rings. The maximum absolute atomic E-state index is 13.0. The van der Waals surface area contributed by atoms with Crippen LogP contribution in [-0.2, 0) is 21.9 Å². The molecule has 10 heteroatoms. The van der Waals surface area contributed by atoms with Gasteiger partial charge in [0, 0.05) is 31.1 Å². The predicted molar refractivity (Wildman–Crippen MR) is 106 cm³/mol. The minimum atomic E-state index is -4.97. The lowest BCUT2D eigenvalue weighted by molar-refractivity contribution is -0.143. The van der Waals surface area contributed by atoms with Crippen molar-refractivity contribution >= 4 is 17.5 Å². The van der Waals surface area contributed by atoms with E-state index in [1.165, 1.54) is 0 Å². The number of amides is 2. The van der Waals surface area contributed by atoms with Crippen LogP contribution in [0.3, 0.4) is 0 Å². The van der Waals surface area contributed by atoms with E-state index in [0.717, 1.165) is 32.1 Å². The number of likely N-dealkylation sites (tertiary alicyclic amines) is 1. The molecule has 3 rings (SSSR count). The number of halogens is 6. The number of nitrogens with zero attached hydrogens (tertiary/aromatic N) is 1. The number of hydrogen-bond acceptors (Lipinski definition) is 2. The molecule has 0 radical (unpaired) electrons. The van der Waals surface area contributed by atoms with Gasteiger partial charge in [0.25, 0.3) is 0 Å². The zero-order valence-electron chi connectivity index (χ0n) is 17.5. The minimum absolute atomic E-state index is 0.0225. The van der Waals surface area contributed by atoms with Gasteiger partial charge in [0.2, 0.25) is 11.8 Å². The first-order chi connectivity index (χ1) is 14.9. The Morgan fingerprint density at radius 1 is 0.844 bits per heavy atom. The third kappa shape index (κ3) is 6.38. The van der Waals surface area contributed by atoms with Gasteiger partial charge in [0.15, 0.2) is 0 Å². The number of rotatable bonds is 4. The monoisotopic (exact) mass is 464 g/mol. The molecule has 2 amide bonds. The van der Waals surface area contributed by atoms with E-state index in [-0.39, 0.29) is 30.2 Å². The van der Waals surface area contributed by atoms with Gasteiger partial charge in [-0.3, -0.25) is 9.59 Å². The van der Waals surface area contributed by atoms with Crippen LogP contribution in [0.5, 0.6) is 0 Å². The fourth-order valence-corrected chi connectivity index (χ4v) is 4.47. The Morgan fingerprint density at radius 3 is 1.88 bits per heavy atom. The van der Waals surface area contributed by atoms with Gasteiger partial charge in [-0.15, -0.1) is 0 Å². The molecule has 1 N–H and O–H groups in total. The predicted octanol–water partition coefficient (Wildman–Crippen LogP) is 5.87. The summed E-state index contributed by atoms with van der Waals surface area (Å²) in [6.07, 6.45) is -3.77. The average Bonchev–Trinajstić information content (AvgIpc) is 2.73. The molecule has 1 aliphatic carbocycles. The second-order valence-corrected chi connectivity index (χ2v) is 8.65. The van der Waals surface area contributed by atoms with Crippen molar-refractivity contribution in [1.29, 1.82) is 0 Å². The maximum atomic E-state index is 13.0. The van der Waals surface area contributed by atoms with E-state index in [9.17, 15) is 35.9 Å². The summed E-state index contributed by atoms with van der Waals surface area (Å²) in [6, 6.07) is 1.02. The van der Waals surface area contributed by atoms with Gasteiger partial charge in [-0.2, -0.15) is 26.3 Å². The molecule has 32 heavy (non-hydrogen) atoms. The van der Waals surface area contributed by atoms with Crippen molar-refractivity contribution in [2.24, 2.45) is 11.8 Å². The summed E-state index contributed by atoms with van der Waals surface area (Å²) >= 11 is 0. The van der Waals surface area contributed by atoms with Crippen molar-refractivity contribution in [2.45, 2.75) is 63.7 Å². The Kier molecular flexibility index (Phi) is 7.39. The standard InChI is InChI=1S/C22H26F6N2O2/c23-21(24,25)16-11-17(22(26,27)28)13-18(12-16)29-19(31)10-14-6-8-30(9-7-14)20(32)15-4-2-1-3-5-15/h11-15H,1-10H2,(H,29,31). The Balaban J connectivity index is 1.56. The van der Waals surface area contributed by atoms with E-state index >= 15 is 0 Å².